The summed E-state index contributed by atoms with van der Waals surface area (Å²) in [6.07, 6.45) is 1.30. The zero-order valence-electron chi connectivity index (χ0n) is 13.5. The molecule has 6 nitrogen and oxygen atoms in total. The molecule has 2 saturated heterocycles. The van der Waals surface area contributed by atoms with Crippen molar-refractivity contribution in [1.29, 1.82) is 0 Å². The normalized spacial score (nSPS) is 24.7. The number of likely N-dealkylation sites (tertiary alicyclic amines) is 1. The first-order chi connectivity index (χ1) is 11.5. The third-order valence-electron chi connectivity index (χ3n) is 4.70. The Labute approximate surface area is 140 Å². The predicted molar refractivity (Wildman–Crippen MR) is 85.6 cm³/mol. The molecule has 0 spiro atoms. The lowest BCUT2D eigenvalue weighted by atomic mass is 9.96. The number of benzene rings is 1. The molecule has 2 aliphatic rings. The van der Waals surface area contributed by atoms with E-state index in [-0.39, 0.29) is 23.7 Å². The number of carbonyl (C=O) groups is 2. The van der Waals surface area contributed by atoms with Crippen LogP contribution in [0.25, 0.3) is 0 Å². The van der Waals surface area contributed by atoms with Crippen LogP contribution >= 0.6 is 0 Å². The maximum absolute atomic E-state index is 13.1. The Morgan fingerprint density at radius 3 is 2.58 bits per heavy atom. The Morgan fingerprint density at radius 1 is 1.12 bits per heavy atom. The molecule has 3 amide bonds. The van der Waals surface area contributed by atoms with E-state index in [2.05, 4.69) is 0 Å². The topological polar surface area (TPSA) is 75.9 Å². The van der Waals surface area contributed by atoms with E-state index in [0.717, 1.165) is 18.4 Å². The first-order valence-corrected chi connectivity index (χ1v) is 8.25. The van der Waals surface area contributed by atoms with Gasteiger partial charge < -0.3 is 20.3 Å². The predicted octanol–water partition coefficient (Wildman–Crippen LogP) is 1.52. The van der Waals surface area contributed by atoms with Crippen LogP contribution in [0.3, 0.4) is 0 Å². The SMILES string of the molecule is NC(=O)N1CCC[C@@H](C(=O)N2CCO[C@H](c3ccc(F)cc3)C2)C1. The van der Waals surface area contributed by atoms with Crippen LogP contribution in [0.1, 0.15) is 24.5 Å². The standard InChI is InChI=1S/C17H22FN3O3/c18-14-5-3-12(4-6-14)15-11-20(8-9-24-15)16(22)13-2-1-7-21(10-13)17(19)23/h3-6,13,15H,1-2,7-11H2,(H2,19,23)/t13-,15+/m1/s1. The molecular formula is C17H22FN3O3. The van der Waals surface area contributed by atoms with Crippen molar-refractivity contribution < 1.29 is 18.7 Å². The lowest BCUT2D eigenvalue weighted by Crippen LogP contribution is -2.51. The van der Waals surface area contributed by atoms with E-state index < -0.39 is 6.03 Å². The van der Waals surface area contributed by atoms with Crippen LogP contribution in [0, 0.1) is 11.7 Å². The quantitative estimate of drug-likeness (QED) is 0.890. The van der Waals surface area contributed by atoms with Gasteiger partial charge in [-0.1, -0.05) is 12.1 Å². The van der Waals surface area contributed by atoms with E-state index in [4.69, 9.17) is 10.5 Å². The summed E-state index contributed by atoms with van der Waals surface area (Å²) in [5, 5.41) is 0. The Morgan fingerprint density at radius 2 is 1.88 bits per heavy atom. The number of rotatable bonds is 2. The summed E-state index contributed by atoms with van der Waals surface area (Å²) in [5.74, 6) is -0.467. The first-order valence-electron chi connectivity index (χ1n) is 8.25. The minimum Gasteiger partial charge on any atom is -0.370 e. The second-order valence-electron chi connectivity index (χ2n) is 6.32. The first kappa shape index (κ1) is 16.7. The maximum atomic E-state index is 13.1. The summed E-state index contributed by atoms with van der Waals surface area (Å²) in [6.45, 7) is 2.41. The van der Waals surface area contributed by atoms with E-state index in [1.165, 1.54) is 17.0 Å². The van der Waals surface area contributed by atoms with E-state index in [1.807, 2.05) is 0 Å². The number of urea groups is 1. The maximum Gasteiger partial charge on any atom is 0.314 e. The Balaban J connectivity index is 1.64. The number of primary amides is 1. The number of hydrogen-bond acceptors (Lipinski definition) is 3. The molecule has 0 bridgehead atoms. The molecule has 24 heavy (non-hydrogen) atoms. The van der Waals surface area contributed by atoms with E-state index in [9.17, 15) is 14.0 Å². The molecule has 7 heteroatoms. The lowest BCUT2D eigenvalue weighted by Gasteiger charge is -2.38. The van der Waals surface area contributed by atoms with Crippen molar-refractivity contribution in [3.63, 3.8) is 0 Å². The van der Waals surface area contributed by atoms with Crippen LogP contribution in [-0.2, 0) is 9.53 Å². The average molecular weight is 335 g/mol. The summed E-state index contributed by atoms with van der Waals surface area (Å²) >= 11 is 0. The van der Waals surface area contributed by atoms with Crippen LogP contribution in [0.2, 0.25) is 0 Å². The second-order valence-corrected chi connectivity index (χ2v) is 6.32. The van der Waals surface area contributed by atoms with Crippen molar-refractivity contribution in [2.45, 2.75) is 18.9 Å². The molecule has 130 valence electrons. The third kappa shape index (κ3) is 3.67. The van der Waals surface area contributed by atoms with Gasteiger partial charge in [0.2, 0.25) is 5.91 Å². The summed E-state index contributed by atoms with van der Waals surface area (Å²) < 4.78 is 18.8. The smallest absolute Gasteiger partial charge is 0.314 e. The Hall–Kier alpha value is -2.15. The van der Waals surface area contributed by atoms with Gasteiger partial charge in [-0.15, -0.1) is 0 Å². The van der Waals surface area contributed by atoms with Crippen molar-refractivity contribution in [2.75, 3.05) is 32.8 Å². The molecule has 0 aliphatic carbocycles. The van der Waals surface area contributed by atoms with Crippen molar-refractivity contribution >= 4 is 11.9 Å². The van der Waals surface area contributed by atoms with Crippen molar-refractivity contribution in [3.05, 3.63) is 35.6 Å². The number of nitrogens with two attached hydrogens (primary N) is 1. The fraction of sp³-hybridized carbons (Fsp3) is 0.529. The van der Waals surface area contributed by atoms with Gasteiger partial charge in [0.05, 0.1) is 19.1 Å². The molecule has 0 unspecified atom stereocenters. The minimum atomic E-state index is -0.473. The molecule has 2 aliphatic heterocycles. The number of halogens is 1. The molecule has 2 heterocycles. The summed E-state index contributed by atoms with van der Waals surface area (Å²) in [6, 6.07) is 5.68. The molecule has 2 fully saturated rings. The van der Waals surface area contributed by atoms with Gasteiger partial charge in [0, 0.05) is 19.6 Å². The van der Waals surface area contributed by atoms with Gasteiger partial charge in [-0.25, -0.2) is 9.18 Å². The summed E-state index contributed by atoms with van der Waals surface area (Å²) in [4.78, 5) is 27.4. The molecule has 0 radical (unpaired) electrons. The summed E-state index contributed by atoms with van der Waals surface area (Å²) in [7, 11) is 0. The van der Waals surface area contributed by atoms with E-state index in [0.29, 0.717) is 32.8 Å². The van der Waals surface area contributed by atoms with E-state index >= 15 is 0 Å². The highest BCUT2D eigenvalue weighted by atomic mass is 19.1. The van der Waals surface area contributed by atoms with Gasteiger partial charge in [0.15, 0.2) is 0 Å². The molecule has 3 rings (SSSR count). The van der Waals surface area contributed by atoms with E-state index in [1.54, 1.807) is 17.0 Å². The average Bonchev–Trinajstić information content (AvgIpc) is 2.62. The van der Waals surface area contributed by atoms with Crippen molar-refractivity contribution in [3.8, 4) is 0 Å². The fourth-order valence-electron chi connectivity index (χ4n) is 3.37. The van der Waals surface area contributed by atoms with Gasteiger partial charge in [-0.3, -0.25) is 4.79 Å². The molecule has 1 aromatic rings. The van der Waals surface area contributed by atoms with Crippen LogP contribution in [0.4, 0.5) is 9.18 Å². The molecular weight excluding hydrogens is 313 g/mol. The number of nitrogens with zero attached hydrogens (tertiary/aromatic N) is 2. The highest BCUT2D eigenvalue weighted by Gasteiger charge is 2.33. The lowest BCUT2D eigenvalue weighted by molar-refractivity contribution is -0.144. The van der Waals surface area contributed by atoms with Crippen LogP contribution < -0.4 is 5.73 Å². The molecule has 0 aromatic heterocycles. The number of amides is 3. The highest BCUT2D eigenvalue weighted by molar-refractivity contribution is 5.80. The zero-order chi connectivity index (χ0) is 17.1. The number of morpholine rings is 1. The van der Waals surface area contributed by atoms with Gasteiger partial charge in [-0.05, 0) is 30.5 Å². The number of carbonyl (C=O) groups excluding carboxylic acids is 2. The number of piperidine rings is 1. The summed E-state index contributed by atoms with van der Waals surface area (Å²) in [5.41, 5.74) is 6.19. The van der Waals surface area contributed by atoms with Gasteiger partial charge in [-0.2, -0.15) is 0 Å². The van der Waals surface area contributed by atoms with Gasteiger partial charge in [0.1, 0.15) is 11.9 Å². The Bertz CT molecular complexity index is 608. The fourth-order valence-corrected chi connectivity index (χ4v) is 3.37. The van der Waals surface area contributed by atoms with Crippen LogP contribution in [-0.4, -0.2) is 54.5 Å². The molecule has 0 saturated carbocycles. The second kappa shape index (κ2) is 7.17. The Kier molecular flexibility index (Phi) is 4.99. The molecule has 2 atom stereocenters. The third-order valence-corrected chi connectivity index (χ3v) is 4.70. The monoisotopic (exact) mass is 335 g/mol. The molecule has 2 N–H and O–H groups in total. The van der Waals surface area contributed by atoms with Crippen molar-refractivity contribution in [2.24, 2.45) is 11.7 Å². The minimum absolute atomic E-state index is 0.0383. The largest absolute Gasteiger partial charge is 0.370 e. The molecule has 1 aromatic carbocycles. The van der Waals surface area contributed by atoms with Crippen LogP contribution in [0.15, 0.2) is 24.3 Å². The van der Waals surface area contributed by atoms with Gasteiger partial charge in [0.25, 0.3) is 0 Å². The van der Waals surface area contributed by atoms with Gasteiger partial charge >= 0.3 is 6.03 Å². The zero-order valence-corrected chi connectivity index (χ0v) is 13.5. The van der Waals surface area contributed by atoms with Crippen molar-refractivity contribution in [1.82, 2.24) is 9.80 Å². The number of hydrogen-bond donors (Lipinski definition) is 1. The van der Waals surface area contributed by atoms with Crippen LogP contribution in [0.5, 0.6) is 0 Å². The number of ether oxygens (including phenoxy) is 1. The highest BCUT2D eigenvalue weighted by Crippen LogP contribution is 2.25.